The van der Waals surface area contributed by atoms with Gasteiger partial charge < -0.3 is 10.6 Å². The number of fused-ring (bicyclic) bond motifs is 1. The molecule has 2 atom stereocenters. The highest BCUT2D eigenvalue weighted by Gasteiger charge is 2.47. The topological polar surface area (TPSA) is 59.0 Å². The first-order chi connectivity index (χ1) is 15.4. The van der Waals surface area contributed by atoms with Gasteiger partial charge in [-0.05, 0) is 35.9 Å². The second-order valence-electron chi connectivity index (χ2n) is 7.43. The maximum Gasteiger partial charge on any atom is 0.416 e. The van der Waals surface area contributed by atoms with Crippen LogP contribution in [0.2, 0.25) is 0 Å². The van der Waals surface area contributed by atoms with E-state index in [1.165, 1.54) is 6.07 Å². The Morgan fingerprint density at radius 3 is 2.42 bits per heavy atom. The van der Waals surface area contributed by atoms with Crippen LogP contribution in [0.1, 0.15) is 40.0 Å². The number of benzene rings is 2. The van der Waals surface area contributed by atoms with Crippen LogP contribution in [0.5, 0.6) is 0 Å². The summed E-state index contributed by atoms with van der Waals surface area (Å²) in [4.78, 5) is 12.8. The Morgan fingerprint density at radius 2 is 1.79 bits per heavy atom. The summed E-state index contributed by atoms with van der Waals surface area (Å²) in [5.41, 5.74) is -0.766. The highest BCUT2D eigenvalue weighted by atomic mass is 79.9. The first kappa shape index (κ1) is 23.1. The fourth-order valence-corrected chi connectivity index (χ4v) is 3.88. The van der Waals surface area contributed by atoms with Gasteiger partial charge in [-0.15, -0.1) is 0 Å². The Morgan fingerprint density at radius 1 is 1.09 bits per heavy atom. The summed E-state index contributed by atoms with van der Waals surface area (Å²) in [6.45, 7) is 0. The first-order valence-electron chi connectivity index (χ1n) is 9.58. The Labute approximate surface area is 191 Å². The number of hydrogen-bond donors (Lipinski definition) is 2. The molecule has 1 aliphatic rings. The molecule has 0 unspecified atom stereocenters. The monoisotopic (exact) mass is 532 g/mol. The standard InChI is InChI=1S/C21H15BrF6N4O/c22-13-6-4-11(5-7-13)16-9-17(21(26,27)28)32-18(31-16)15(10-29-32)19(33)30-14-3-1-2-12(8-14)20(23,24)25/h1-8,10,16-17,31H,9H2,(H,30,33)/t16-,17-/m1/s1. The molecule has 0 bridgehead atoms. The SMILES string of the molecule is O=C(Nc1cccc(C(F)(F)F)c1)c1cnn2c1N[C@@H](c1ccc(Br)cc1)C[C@@H]2C(F)(F)F. The molecule has 2 N–H and O–H groups in total. The average Bonchev–Trinajstić information content (AvgIpc) is 3.16. The number of anilines is 2. The van der Waals surface area contributed by atoms with Crippen molar-refractivity contribution in [2.75, 3.05) is 10.6 Å². The number of aromatic nitrogens is 2. The number of carbonyl (C=O) groups is 1. The molecule has 12 heteroatoms. The lowest BCUT2D eigenvalue weighted by atomic mass is 9.96. The van der Waals surface area contributed by atoms with Gasteiger partial charge in [0.2, 0.25) is 0 Å². The molecule has 4 rings (SSSR count). The minimum atomic E-state index is -4.63. The second kappa shape index (κ2) is 8.40. The van der Waals surface area contributed by atoms with Crippen molar-refractivity contribution >= 4 is 33.3 Å². The Hall–Kier alpha value is -3.02. The van der Waals surface area contributed by atoms with Crippen LogP contribution >= 0.6 is 15.9 Å². The molecule has 0 radical (unpaired) electrons. The maximum absolute atomic E-state index is 13.8. The Balaban J connectivity index is 1.67. The predicted molar refractivity (Wildman–Crippen MR) is 112 cm³/mol. The number of hydrogen-bond acceptors (Lipinski definition) is 3. The number of halogens is 7. The minimum absolute atomic E-state index is 0.151. The third-order valence-corrected chi connectivity index (χ3v) is 5.73. The number of rotatable bonds is 3. The lowest BCUT2D eigenvalue weighted by Gasteiger charge is -2.34. The third-order valence-electron chi connectivity index (χ3n) is 5.20. The van der Waals surface area contributed by atoms with Crippen LogP contribution < -0.4 is 10.6 Å². The smallest absolute Gasteiger partial charge is 0.363 e. The van der Waals surface area contributed by atoms with Crippen LogP contribution in [0.15, 0.2) is 59.2 Å². The summed E-state index contributed by atoms with van der Waals surface area (Å²) in [6.07, 6.45) is -8.63. The molecule has 3 aromatic rings. The normalized spacial score (nSPS) is 18.4. The lowest BCUT2D eigenvalue weighted by molar-refractivity contribution is -0.173. The molecule has 1 aromatic heterocycles. The number of nitrogens with one attached hydrogen (secondary N) is 2. The van der Waals surface area contributed by atoms with E-state index >= 15 is 0 Å². The van der Waals surface area contributed by atoms with E-state index in [0.717, 1.165) is 28.9 Å². The van der Waals surface area contributed by atoms with Crippen molar-refractivity contribution in [3.8, 4) is 0 Å². The van der Waals surface area contributed by atoms with Gasteiger partial charge in [-0.1, -0.05) is 34.1 Å². The molecule has 0 spiro atoms. The molecule has 174 valence electrons. The Kier molecular flexibility index (Phi) is 5.89. The summed E-state index contributed by atoms with van der Waals surface area (Å²) < 4.78 is 81.6. The molecule has 0 saturated carbocycles. The molecule has 0 saturated heterocycles. The van der Waals surface area contributed by atoms with Gasteiger partial charge in [0.25, 0.3) is 5.91 Å². The van der Waals surface area contributed by atoms with Crippen LogP contribution in [-0.4, -0.2) is 21.9 Å². The van der Waals surface area contributed by atoms with Gasteiger partial charge in [0.1, 0.15) is 11.4 Å². The molecule has 2 aromatic carbocycles. The van der Waals surface area contributed by atoms with Gasteiger partial charge in [0.15, 0.2) is 6.04 Å². The average molecular weight is 533 g/mol. The van der Waals surface area contributed by atoms with E-state index in [-0.39, 0.29) is 23.5 Å². The molecule has 1 amide bonds. The fraction of sp³-hybridized carbons (Fsp3) is 0.238. The maximum atomic E-state index is 13.8. The van der Waals surface area contributed by atoms with Gasteiger partial charge in [0.05, 0.1) is 17.8 Å². The summed E-state index contributed by atoms with van der Waals surface area (Å²) in [7, 11) is 0. The summed E-state index contributed by atoms with van der Waals surface area (Å²) >= 11 is 3.27. The van der Waals surface area contributed by atoms with Crippen LogP contribution in [0.25, 0.3) is 0 Å². The van der Waals surface area contributed by atoms with E-state index in [2.05, 4.69) is 31.7 Å². The van der Waals surface area contributed by atoms with Gasteiger partial charge >= 0.3 is 12.4 Å². The van der Waals surface area contributed by atoms with Crippen molar-refractivity contribution in [3.63, 3.8) is 0 Å². The zero-order chi connectivity index (χ0) is 24.0. The van der Waals surface area contributed by atoms with Crippen LogP contribution in [0.4, 0.5) is 37.8 Å². The van der Waals surface area contributed by atoms with E-state index in [1.807, 2.05) is 0 Å². The van der Waals surface area contributed by atoms with E-state index in [1.54, 1.807) is 24.3 Å². The van der Waals surface area contributed by atoms with Gasteiger partial charge in [-0.2, -0.15) is 31.4 Å². The van der Waals surface area contributed by atoms with E-state index < -0.39 is 35.9 Å². The molecule has 2 heterocycles. The number of carbonyl (C=O) groups excluding carboxylic acids is 1. The van der Waals surface area contributed by atoms with Gasteiger partial charge in [0, 0.05) is 16.6 Å². The second-order valence-corrected chi connectivity index (χ2v) is 8.34. The van der Waals surface area contributed by atoms with Crippen molar-refractivity contribution in [1.82, 2.24) is 9.78 Å². The first-order valence-corrected chi connectivity index (χ1v) is 10.4. The molecule has 0 aliphatic carbocycles. The minimum Gasteiger partial charge on any atom is -0.363 e. The lowest BCUT2D eigenvalue weighted by Crippen LogP contribution is -2.36. The molecule has 33 heavy (non-hydrogen) atoms. The van der Waals surface area contributed by atoms with Crippen LogP contribution in [0, 0.1) is 0 Å². The zero-order valence-corrected chi connectivity index (χ0v) is 18.1. The van der Waals surface area contributed by atoms with E-state index in [9.17, 15) is 31.1 Å². The van der Waals surface area contributed by atoms with Gasteiger partial charge in [-0.3, -0.25) is 4.79 Å². The molecule has 1 aliphatic heterocycles. The predicted octanol–water partition coefficient (Wildman–Crippen LogP) is 6.58. The van der Waals surface area contributed by atoms with Crippen molar-refractivity contribution in [3.05, 3.63) is 75.9 Å². The molecule has 0 fully saturated rings. The van der Waals surface area contributed by atoms with Crippen LogP contribution in [-0.2, 0) is 6.18 Å². The quantitative estimate of drug-likeness (QED) is 0.375. The van der Waals surface area contributed by atoms with Crippen molar-refractivity contribution in [2.45, 2.75) is 30.9 Å². The summed E-state index contributed by atoms with van der Waals surface area (Å²) in [6, 6.07) is 7.88. The summed E-state index contributed by atoms with van der Waals surface area (Å²) in [5, 5.41) is 8.99. The van der Waals surface area contributed by atoms with Crippen molar-refractivity contribution in [2.24, 2.45) is 0 Å². The number of amides is 1. The van der Waals surface area contributed by atoms with Crippen molar-refractivity contribution in [1.29, 1.82) is 0 Å². The third kappa shape index (κ3) is 4.85. The summed E-state index contributed by atoms with van der Waals surface area (Å²) in [5.74, 6) is -1.05. The zero-order valence-electron chi connectivity index (χ0n) is 16.5. The number of nitrogens with zero attached hydrogens (tertiary/aromatic N) is 2. The van der Waals surface area contributed by atoms with Crippen LogP contribution in [0.3, 0.4) is 0 Å². The fourth-order valence-electron chi connectivity index (χ4n) is 3.61. The van der Waals surface area contributed by atoms with E-state index in [0.29, 0.717) is 10.2 Å². The molecule has 5 nitrogen and oxygen atoms in total. The van der Waals surface area contributed by atoms with Crippen molar-refractivity contribution < 1.29 is 31.1 Å². The molecular weight excluding hydrogens is 518 g/mol. The highest BCUT2D eigenvalue weighted by Crippen LogP contribution is 2.44. The Bertz CT molecular complexity index is 1170. The number of alkyl halides is 6. The van der Waals surface area contributed by atoms with Gasteiger partial charge in [-0.25, -0.2) is 4.68 Å². The highest BCUT2D eigenvalue weighted by molar-refractivity contribution is 9.10. The van der Waals surface area contributed by atoms with E-state index in [4.69, 9.17) is 0 Å². The molecular formula is C21H15BrF6N4O. The largest absolute Gasteiger partial charge is 0.416 e.